The average molecular weight is 165 g/mol. The highest BCUT2D eigenvalue weighted by atomic mass is 32.2. The number of nitrogens with one attached hydrogen (secondary N) is 2. The predicted molar refractivity (Wildman–Crippen MR) is 35.6 cm³/mol. The van der Waals surface area contributed by atoms with E-state index in [2.05, 4.69) is 5.32 Å². The second kappa shape index (κ2) is 3.52. The normalized spacial score (nSPS) is 11.0. The van der Waals surface area contributed by atoms with Crippen molar-refractivity contribution in [1.29, 1.82) is 0 Å². The minimum Gasteiger partial charge on any atom is -0.355 e. The lowest BCUT2D eigenvalue weighted by Crippen LogP contribution is -2.26. The van der Waals surface area contributed by atoms with Crippen LogP contribution in [0, 0.1) is 0 Å². The minimum absolute atomic E-state index is 0.0150. The summed E-state index contributed by atoms with van der Waals surface area (Å²) in [4.78, 5) is 10.2. The third-order valence-corrected chi connectivity index (χ3v) is 1.49. The predicted octanol–water partition coefficient (Wildman–Crippen LogP) is -1.26. The van der Waals surface area contributed by atoms with Crippen LogP contribution in [0.5, 0.6) is 0 Å². The Morgan fingerprint density at radius 2 is 2.10 bits per heavy atom. The summed E-state index contributed by atoms with van der Waals surface area (Å²) in [6.45, 7) is 1.30. The molecule has 0 rings (SSSR count). The Bertz CT molecular complexity index is 209. The summed E-state index contributed by atoms with van der Waals surface area (Å²) >= 11 is 0. The zero-order chi connectivity index (χ0) is 8.20. The Balaban J connectivity index is 3.49. The molecule has 0 fully saturated rings. The maximum absolute atomic E-state index is 10.2. The van der Waals surface area contributed by atoms with E-state index in [1.54, 1.807) is 0 Å². The molecule has 1 radical (unpaired) electrons. The van der Waals surface area contributed by atoms with Gasteiger partial charge in [-0.1, -0.05) is 0 Å². The van der Waals surface area contributed by atoms with Crippen LogP contribution in [0.1, 0.15) is 6.92 Å². The quantitative estimate of drug-likeness (QED) is 0.566. The van der Waals surface area contributed by atoms with E-state index in [0.29, 0.717) is 0 Å². The second-order valence-corrected chi connectivity index (χ2v) is 3.44. The molecule has 1 amide bonds. The van der Waals surface area contributed by atoms with E-state index >= 15 is 0 Å². The van der Waals surface area contributed by atoms with Gasteiger partial charge in [0.25, 0.3) is 0 Å². The fourth-order valence-corrected chi connectivity index (χ4v) is 0.732. The van der Waals surface area contributed by atoms with E-state index in [0.717, 1.165) is 0 Å². The summed E-state index contributed by atoms with van der Waals surface area (Å²) in [5, 5.41) is 8.66. The molecule has 0 aromatic rings. The van der Waals surface area contributed by atoms with Gasteiger partial charge in [0.2, 0.25) is 15.9 Å². The molecule has 0 saturated heterocycles. The first-order chi connectivity index (χ1) is 4.42. The van der Waals surface area contributed by atoms with Crippen molar-refractivity contribution in [3.8, 4) is 0 Å². The molecule has 5 nitrogen and oxygen atoms in total. The molecule has 0 aromatic heterocycles. The van der Waals surface area contributed by atoms with Gasteiger partial charge < -0.3 is 5.32 Å². The van der Waals surface area contributed by atoms with Crippen LogP contribution in [0.2, 0.25) is 0 Å². The third-order valence-electron chi connectivity index (χ3n) is 0.745. The maximum atomic E-state index is 10.2. The van der Waals surface area contributed by atoms with Gasteiger partial charge in [0.05, 0.1) is 5.75 Å². The fraction of sp³-hybridized carbons (Fsp3) is 0.750. The summed E-state index contributed by atoms with van der Waals surface area (Å²) in [7, 11) is -3.68. The average Bonchev–Trinajstić information content (AvgIpc) is 1.59. The van der Waals surface area contributed by atoms with E-state index in [1.807, 2.05) is 0 Å². The Labute approximate surface area is 59.6 Å². The lowest BCUT2D eigenvalue weighted by atomic mass is 10.6. The van der Waals surface area contributed by atoms with Crippen LogP contribution >= 0.6 is 0 Å². The van der Waals surface area contributed by atoms with Crippen molar-refractivity contribution in [1.82, 2.24) is 10.5 Å². The fourth-order valence-electron chi connectivity index (χ4n) is 0.361. The minimum atomic E-state index is -3.68. The van der Waals surface area contributed by atoms with E-state index in [9.17, 15) is 13.2 Å². The number of hydrogen-bond acceptors (Lipinski definition) is 3. The zero-order valence-electron chi connectivity index (χ0n) is 5.55. The standard InChI is InChI=1S/C4H9N2O3S/c1-4(7)6-2-3-10(5,8)9/h5H,2-3H2,1H3,(H,6,7). The molecular weight excluding hydrogens is 156 g/mol. The van der Waals surface area contributed by atoms with Crippen molar-refractivity contribution in [3.63, 3.8) is 0 Å². The van der Waals surface area contributed by atoms with Gasteiger partial charge in [0, 0.05) is 13.5 Å². The molecule has 2 N–H and O–H groups in total. The molecule has 0 spiro atoms. The summed E-state index contributed by atoms with van der Waals surface area (Å²) in [5.41, 5.74) is 0. The topological polar surface area (TPSA) is 87.0 Å². The largest absolute Gasteiger partial charge is 0.355 e. The Hall–Kier alpha value is -0.620. The highest BCUT2D eigenvalue weighted by Gasteiger charge is 2.02. The van der Waals surface area contributed by atoms with Gasteiger partial charge in [0.1, 0.15) is 0 Å². The molecule has 0 aliphatic heterocycles. The van der Waals surface area contributed by atoms with Gasteiger partial charge in [-0.3, -0.25) is 4.79 Å². The van der Waals surface area contributed by atoms with E-state index < -0.39 is 10.0 Å². The summed E-state index contributed by atoms with van der Waals surface area (Å²) in [6, 6.07) is 0. The van der Waals surface area contributed by atoms with Gasteiger partial charge in [-0.15, -0.1) is 5.14 Å². The number of carbonyl (C=O) groups is 1. The van der Waals surface area contributed by atoms with Crippen LogP contribution in [-0.4, -0.2) is 26.6 Å². The molecule has 10 heavy (non-hydrogen) atoms. The van der Waals surface area contributed by atoms with Crippen molar-refractivity contribution in [2.75, 3.05) is 12.3 Å². The van der Waals surface area contributed by atoms with Crippen molar-refractivity contribution < 1.29 is 13.2 Å². The first kappa shape index (κ1) is 9.38. The molecule has 0 aliphatic carbocycles. The molecule has 0 aromatic carbocycles. The number of amides is 1. The van der Waals surface area contributed by atoms with Crippen LogP contribution in [-0.2, 0) is 14.8 Å². The molecule has 59 valence electrons. The zero-order valence-corrected chi connectivity index (χ0v) is 6.36. The van der Waals surface area contributed by atoms with Crippen molar-refractivity contribution in [3.05, 3.63) is 0 Å². The Morgan fingerprint density at radius 1 is 1.60 bits per heavy atom. The highest BCUT2D eigenvalue weighted by molar-refractivity contribution is 7.88. The van der Waals surface area contributed by atoms with Gasteiger partial charge in [-0.2, -0.15) is 0 Å². The molecule has 0 heterocycles. The smallest absolute Gasteiger partial charge is 0.226 e. The van der Waals surface area contributed by atoms with Crippen molar-refractivity contribution in [2.45, 2.75) is 6.92 Å². The molecule has 0 aliphatic rings. The Morgan fingerprint density at radius 3 is 2.40 bits per heavy atom. The van der Waals surface area contributed by atoms with Crippen LogP contribution < -0.4 is 10.5 Å². The van der Waals surface area contributed by atoms with Crippen LogP contribution in [0.15, 0.2) is 0 Å². The monoisotopic (exact) mass is 165 g/mol. The highest BCUT2D eigenvalue weighted by Crippen LogP contribution is 1.76. The van der Waals surface area contributed by atoms with Gasteiger partial charge in [-0.25, -0.2) is 8.42 Å². The number of carbonyl (C=O) groups excluding carboxylic acids is 1. The van der Waals surface area contributed by atoms with E-state index in [4.69, 9.17) is 5.14 Å². The van der Waals surface area contributed by atoms with E-state index in [-0.39, 0.29) is 18.2 Å². The number of sulfonamides is 1. The summed E-state index contributed by atoms with van der Waals surface area (Å²) in [6.07, 6.45) is 0. The van der Waals surface area contributed by atoms with Crippen molar-refractivity contribution >= 4 is 15.9 Å². The number of rotatable bonds is 3. The lowest BCUT2D eigenvalue weighted by Gasteiger charge is -1.97. The molecule has 6 heteroatoms. The molecule has 0 atom stereocenters. The first-order valence-corrected chi connectivity index (χ1v) is 4.29. The van der Waals surface area contributed by atoms with Crippen LogP contribution in [0.4, 0.5) is 0 Å². The first-order valence-electron chi connectivity index (χ1n) is 2.63. The summed E-state index contributed by atoms with van der Waals surface area (Å²) < 4.78 is 20.3. The van der Waals surface area contributed by atoms with Gasteiger partial charge in [0.15, 0.2) is 0 Å². The number of hydrogen-bond donors (Lipinski definition) is 1. The molecule has 0 saturated carbocycles. The lowest BCUT2D eigenvalue weighted by molar-refractivity contribution is -0.118. The van der Waals surface area contributed by atoms with Crippen LogP contribution in [0.3, 0.4) is 0 Å². The van der Waals surface area contributed by atoms with Gasteiger partial charge in [-0.05, 0) is 0 Å². The Kier molecular flexibility index (Phi) is 3.31. The van der Waals surface area contributed by atoms with Crippen LogP contribution in [0.25, 0.3) is 0 Å². The second-order valence-electron chi connectivity index (χ2n) is 1.80. The van der Waals surface area contributed by atoms with E-state index in [1.165, 1.54) is 6.92 Å². The molecule has 0 unspecified atom stereocenters. The maximum Gasteiger partial charge on any atom is 0.226 e. The summed E-state index contributed by atoms with van der Waals surface area (Å²) in [5.74, 6) is -0.615. The SMILES string of the molecule is CC(=O)NCCS([NH])(=O)=O. The van der Waals surface area contributed by atoms with Gasteiger partial charge >= 0.3 is 0 Å². The third kappa shape index (κ3) is 7.38. The molecular formula is C4H9N2O3S. The van der Waals surface area contributed by atoms with Crippen molar-refractivity contribution in [2.24, 2.45) is 0 Å². The molecule has 0 bridgehead atoms.